The van der Waals surface area contributed by atoms with Crippen molar-refractivity contribution in [3.8, 4) is 0 Å². The minimum absolute atomic E-state index is 0.0273. The first kappa shape index (κ1) is 12.8. The van der Waals surface area contributed by atoms with Crippen molar-refractivity contribution in [2.24, 2.45) is 0 Å². The van der Waals surface area contributed by atoms with Gasteiger partial charge in [0.25, 0.3) is 0 Å². The maximum absolute atomic E-state index is 11.4. The lowest BCUT2D eigenvalue weighted by Gasteiger charge is -2.07. The normalized spacial score (nSPS) is 10.2. The predicted molar refractivity (Wildman–Crippen MR) is 65.8 cm³/mol. The lowest BCUT2D eigenvalue weighted by Crippen LogP contribution is -2.31. The number of amides is 1. The van der Waals surface area contributed by atoms with E-state index >= 15 is 0 Å². The molecule has 1 N–H and O–H groups in total. The number of carbonyl (C=O) groups is 2. The predicted octanol–water partition coefficient (Wildman–Crippen LogP) is 2.12. The van der Waals surface area contributed by atoms with Crippen LogP contribution in [0, 0.1) is 0 Å². The molecule has 0 aliphatic rings. The van der Waals surface area contributed by atoms with E-state index in [4.69, 9.17) is 0 Å². The van der Waals surface area contributed by atoms with Gasteiger partial charge in [0, 0.05) is 16.5 Å². The van der Waals surface area contributed by atoms with Crippen LogP contribution in [0.5, 0.6) is 0 Å². The number of hydrogen-bond donors (Lipinski definition) is 1. The molecule has 0 aliphatic heterocycles. The largest absolute Gasteiger partial charge is 0.353 e. The van der Waals surface area contributed by atoms with Crippen LogP contribution in [0.2, 0.25) is 0 Å². The van der Waals surface area contributed by atoms with Crippen molar-refractivity contribution in [2.75, 3.05) is 5.75 Å². The number of rotatable bonds is 5. The fourth-order valence-electron chi connectivity index (χ4n) is 1.16. The van der Waals surface area contributed by atoms with Gasteiger partial charge >= 0.3 is 0 Å². The molecule has 0 spiro atoms. The maximum atomic E-state index is 11.4. The summed E-state index contributed by atoms with van der Waals surface area (Å²) in [7, 11) is 0. The van der Waals surface area contributed by atoms with Gasteiger partial charge in [-0.05, 0) is 26.0 Å². The molecule has 0 aliphatic carbocycles. The van der Waals surface area contributed by atoms with Crippen molar-refractivity contribution < 1.29 is 9.59 Å². The lowest BCUT2D eigenvalue weighted by atomic mass is 10.2. The molecule has 1 aromatic carbocycles. The first-order valence-electron chi connectivity index (χ1n) is 5.09. The molecule has 0 saturated carbocycles. The molecule has 1 aromatic rings. The molecular weight excluding hydrogens is 222 g/mol. The number of carbonyl (C=O) groups excluding carboxylic acids is 2. The van der Waals surface area contributed by atoms with Gasteiger partial charge < -0.3 is 5.32 Å². The number of thioether (sulfide) groups is 1. The van der Waals surface area contributed by atoms with Gasteiger partial charge in [0.2, 0.25) is 5.91 Å². The van der Waals surface area contributed by atoms with Crippen LogP contribution in [-0.2, 0) is 4.79 Å². The smallest absolute Gasteiger partial charge is 0.230 e. The molecule has 4 heteroatoms. The molecule has 0 bridgehead atoms. The number of aldehydes is 1. The summed E-state index contributed by atoms with van der Waals surface area (Å²) >= 11 is 1.46. The van der Waals surface area contributed by atoms with Crippen molar-refractivity contribution in [1.82, 2.24) is 5.32 Å². The molecule has 0 saturated heterocycles. The molecule has 0 heterocycles. The molecule has 0 atom stereocenters. The highest BCUT2D eigenvalue weighted by atomic mass is 32.2. The molecular formula is C12H15NO2S. The van der Waals surface area contributed by atoms with Crippen molar-refractivity contribution in [3.63, 3.8) is 0 Å². The topological polar surface area (TPSA) is 46.2 Å². The summed E-state index contributed by atoms with van der Waals surface area (Å²) in [4.78, 5) is 22.8. The average molecular weight is 237 g/mol. The Kier molecular flexibility index (Phi) is 5.05. The minimum atomic E-state index is 0.0273. The number of nitrogens with one attached hydrogen (secondary N) is 1. The molecule has 0 fully saturated rings. The summed E-state index contributed by atoms with van der Waals surface area (Å²) < 4.78 is 0. The SMILES string of the molecule is CC(C)NC(=O)CSc1ccc(C=O)cc1. The van der Waals surface area contributed by atoms with Gasteiger partial charge in [-0.25, -0.2) is 0 Å². The summed E-state index contributed by atoms with van der Waals surface area (Å²) in [5.74, 6) is 0.429. The molecule has 0 aromatic heterocycles. The molecule has 3 nitrogen and oxygen atoms in total. The van der Waals surface area contributed by atoms with E-state index in [9.17, 15) is 9.59 Å². The van der Waals surface area contributed by atoms with Gasteiger partial charge in [0.1, 0.15) is 6.29 Å². The third kappa shape index (κ3) is 4.49. The second kappa shape index (κ2) is 6.33. The van der Waals surface area contributed by atoms with Crippen LogP contribution in [-0.4, -0.2) is 24.0 Å². The summed E-state index contributed by atoms with van der Waals surface area (Å²) in [6.45, 7) is 3.86. The Morgan fingerprint density at radius 2 is 2.00 bits per heavy atom. The van der Waals surface area contributed by atoms with Crippen LogP contribution >= 0.6 is 11.8 Å². The first-order valence-corrected chi connectivity index (χ1v) is 6.08. The standard InChI is InChI=1S/C12H15NO2S/c1-9(2)13-12(15)8-16-11-5-3-10(7-14)4-6-11/h3-7,9H,8H2,1-2H3,(H,13,15). The third-order valence-electron chi connectivity index (χ3n) is 1.84. The Bertz CT molecular complexity index is 360. The van der Waals surface area contributed by atoms with Gasteiger partial charge in [0.15, 0.2) is 0 Å². The van der Waals surface area contributed by atoms with E-state index in [1.807, 2.05) is 26.0 Å². The van der Waals surface area contributed by atoms with Crippen LogP contribution in [0.15, 0.2) is 29.2 Å². The zero-order valence-corrected chi connectivity index (χ0v) is 10.2. The highest BCUT2D eigenvalue weighted by molar-refractivity contribution is 8.00. The van der Waals surface area contributed by atoms with Gasteiger partial charge in [-0.3, -0.25) is 9.59 Å². The van der Waals surface area contributed by atoms with E-state index in [-0.39, 0.29) is 11.9 Å². The highest BCUT2D eigenvalue weighted by Crippen LogP contribution is 2.17. The monoisotopic (exact) mass is 237 g/mol. The van der Waals surface area contributed by atoms with Crippen LogP contribution in [0.1, 0.15) is 24.2 Å². The van der Waals surface area contributed by atoms with Gasteiger partial charge in [0.05, 0.1) is 5.75 Å². The van der Waals surface area contributed by atoms with E-state index in [1.165, 1.54) is 11.8 Å². The number of hydrogen-bond acceptors (Lipinski definition) is 3. The van der Waals surface area contributed by atoms with E-state index in [0.29, 0.717) is 11.3 Å². The van der Waals surface area contributed by atoms with Gasteiger partial charge in [-0.2, -0.15) is 0 Å². The van der Waals surface area contributed by atoms with E-state index < -0.39 is 0 Å². The Hall–Kier alpha value is -1.29. The molecule has 86 valence electrons. The Morgan fingerprint density at radius 3 is 2.50 bits per heavy atom. The molecule has 0 unspecified atom stereocenters. The molecule has 1 rings (SSSR count). The molecule has 1 amide bonds. The Balaban J connectivity index is 2.42. The highest BCUT2D eigenvalue weighted by Gasteiger charge is 2.03. The van der Waals surface area contributed by atoms with E-state index in [2.05, 4.69) is 5.32 Å². The van der Waals surface area contributed by atoms with Crippen LogP contribution in [0.4, 0.5) is 0 Å². The van der Waals surface area contributed by atoms with E-state index in [0.717, 1.165) is 11.2 Å². The maximum Gasteiger partial charge on any atom is 0.230 e. The zero-order chi connectivity index (χ0) is 12.0. The van der Waals surface area contributed by atoms with Crippen LogP contribution in [0.3, 0.4) is 0 Å². The molecule has 0 radical (unpaired) electrons. The minimum Gasteiger partial charge on any atom is -0.353 e. The summed E-state index contributed by atoms with van der Waals surface area (Å²) in [6.07, 6.45) is 0.805. The second-order valence-corrected chi connectivity index (χ2v) is 4.75. The average Bonchev–Trinajstić information content (AvgIpc) is 2.26. The van der Waals surface area contributed by atoms with Crippen LogP contribution < -0.4 is 5.32 Å². The summed E-state index contributed by atoms with van der Waals surface area (Å²) in [5, 5.41) is 2.82. The van der Waals surface area contributed by atoms with E-state index in [1.54, 1.807) is 12.1 Å². The zero-order valence-electron chi connectivity index (χ0n) is 9.40. The summed E-state index contributed by atoms with van der Waals surface area (Å²) in [6, 6.07) is 7.35. The second-order valence-electron chi connectivity index (χ2n) is 3.70. The molecule has 16 heavy (non-hydrogen) atoms. The Morgan fingerprint density at radius 1 is 1.38 bits per heavy atom. The van der Waals surface area contributed by atoms with Crippen molar-refractivity contribution in [2.45, 2.75) is 24.8 Å². The third-order valence-corrected chi connectivity index (χ3v) is 2.85. The van der Waals surface area contributed by atoms with Crippen molar-refractivity contribution in [1.29, 1.82) is 0 Å². The number of benzene rings is 1. The van der Waals surface area contributed by atoms with Gasteiger partial charge in [-0.1, -0.05) is 12.1 Å². The van der Waals surface area contributed by atoms with Gasteiger partial charge in [-0.15, -0.1) is 11.8 Å². The van der Waals surface area contributed by atoms with Crippen molar-refractivity contribution >= 4 is 24.0 Å². The fraction of sp³-hybridized carbons (Fsp3) is 0.333. The van der Waals surface area contributed by atoms with Crippen molar-refractivity contribution in [3.05, 3.63) is 29.8 Å². The summed E-state index contributed by atoms with van der Waals surface area (Å²) in [5.41, 5.74) is 0.649. The first-order chi connectivity index (χ1) is 7.61. The lowest BCUT2D eigenvalue weighted by molar-refractivity contribution is -0.119. The Labute approximate surface area is 99.6 Å². The fourth-order valence-corrected chi connectivity index (χ4v) is 1.86. The van der Waals surface area contributed by atoms with Crippen LogP contribution in [0.25, 0.3) is 0 Å². The quantitative estimate of drug-likeness (QED) is 0.630.